The first-order valence-electron chi connectivity index (χ1n) is 8.02. The Hall–Kier alpha value is -2.70. The van der Waals surface area contributed by atoms with Gasteiger partial charge in [0.1, 0.15) is 11.7 Å². The highest BCUT2D eigenvalue weighted by molar-refractivity contribution is 6.02. The second kappa shape index (κ2) is 7.46. The van der Waals surface area contributed by atoms with E-state index >= 15 is 0 Å². The standard InChI is InChI=1S/C18H22FN3O3/c1-10(2)9-22-16(11(7-20)8-21-3)15(18(24)25)13-5-4-12(19)6-14(13)17(22)23/h4-8,10,15-16,20-21H,9H2,1-3H3,(H,24,25)/b11-8+,20-7?. The van der Waals surface area contributed by atoms with Crippen molar-refractivity contribution in [2.24, 2.45) is 5.92 Å². The van der Waals surface area contributed by atoms with Gasteiger partial charge in [0, 0.05) is 37.1 Å². The van der Waals surface area contributed by atoms with Crippen molar-refractivity contribution in [3.05, 3.63) is 46.9 Å². The predicted octanol–water partition coefficient (Wildman–Crippen LogP) is 2.23. The molecule has 0 bridgehead atoms. The van der Waals surface area contributed by atoms with Gasteiger partial charge < -0.3 is 20.7 Å². The van der Waals surface area contributed by atoms with Gasteiger partial charge in [-0.25, -0.2) is 4.39 Å². The minimum absolute atomic E-state index is 0.0677. The number of nitrogens with zero attached hydrogens (tertiary/aromatic N) is 1. The second-order valence-electron chi connectivity index (χ2n) is 6.42. The fourth-order valence-electron chi connectivity index (χ4n) is 3.23. The number of carbonyl (C=O) groups excluding carboxylic acids is 1. The fourth-order valence-corrected chi connectivity index (χ4v) is 3.23. The van der Waals surface area contributed by atoms with E-state index in [4.69, 9.17) is 5.41 Å². The number of amides is 1. The zero-order valence-electron chi connectivity index (χ0n) is 14.4. The molecule has 2 atom stereocenters. The Morgan fingerprint density at radius 3 is 2.68 bits per heavy atom. The van der Waals surface area contributed by atoms with Crippen LogP contribution in [-0.2, 0) is 4.79 Å². The van der Waals surface area contributed by atoms with Crippen LogP contribution in [0.25, 0.3) is 0 Å². The number of aliphatic carboxylic acids is 1. The van der Waals surface area contributed by atoms with Crippen LogP contribution in [-0.4, -0.2) is 47.7 Å². The summed E-state index contributed by atoms with van der Waals surface area (Å²) in [6.45, 7) is 4.12. The van der Waals surface area contributed by atoms with E-state index in [1.54, 1.807) is 7.05 Å². The molecule has 0 spiro atoms. The van der Waals surface area contributed by atoms with Gasteiger partial charge in [-0.15, -0.1) is 0 Å². The molecule has 25 heavy (non-hydrogen) atoms. The molecule has 1 amide bonds. The quantitative estimate of drug-likeness (QED) is 0.688. The third kappa shape index (κ3) is 3.55. The van der Waals surface area contributed by atoms with Crippen LogP contribution in [0.15, 0.2) is 30.0 Å². The maximum Gasteiger partial charge on any atom is 0.313 e. The van der Waals surface area contributed by atoms with Gasteiger partial charge in [-0.2, -0.15) is 0 Å². The molecule has 0 radical (unpaired) electrons. The van der Waals surface area contributed by atoms with E-state index in [1.807, 2.05) is 13.8 Å². The van der Waals surface area contributed by atoms with Crippen LogP contribution >= 0.6 is 0 Å². The number of halogens is 1. The number of hydrogen-bond acceptors (Lipinski definition) is 4. The molecule has 0 saturated heterocycles. The highest BCUT2D eigenvalue weighted by Crippen LogP contribution is 2.37. The summed E-state index contributed by atoms with van der Waals surface area (Å²) in [5.74, 6) is -3.12. The first-order chi connectivity index (χ1) is 11.8. The Bertz CT molecular complexity index is 730. The summed E-state index contributed by atoms with van der Waals surface area (Å²) < 4.78 is 13.7. The number of carbonyl (C=O) groups is 2. The average molecular weight is 347 g/mol. The molecule has 1 heterocycles. The van der Waals surface area contributed by atoms with Crippen molar-refractivity contribution in [1.82, 2.24) is 10.2 Å². The Morgan fingerprint density at radius 2 is 2.16 bits per heavy atom. The van der Waals surface area contributed by atoms with E-state index in [0.29, 0.717) is 12.1 Å². The van der Waals surface area contributed by atoms with Crippen LogP contribution in [0.4, 0.5) is 4.39 Å². The van der Waals surface area contributed by atoms with Crippen molar-refractivity contribution in [2.45, 2.75) is 25.8 Å². The lowest BCUT2D eigenvalue weighted by Gasteiger charge is -2.41. The molecule has 0 aliphatic carbocycles. The molecule has 134 valence electrons. The summed E-state index contributed by atoms with van der Waals surface area (Å²) in [6, 6.07) is 2.75. The summed E-state index contributed by atoms with van der Waals surface area (Å²) in [6.07, 6.45) is 2.56. The summed E-state index contributed by atoms with van der Waals surface area (Å²) in [5, 5.41) is 20.3. The smallest absolute Gasteiger partial charge is 0.313 e. The first kappa shape index (κ1) is 18.6. The van der Waals surface area contributed by atoms with Gasteiger partial charge in [0.05, 0.1) is 6.04 Å². The van der Waals surface area contributed by atoms with Crippen LogP contribution < -0.4 is 5.32 Å². The lowest BCUT2D eigenvalue weighted by molar-refractivity contribution is -0.140. The highest BCUT2D eigenvalue weighted by atomic mass is 19.1. The molecular formula is C18H22FN3O3. The molecule has 0 aromatic heterocycles. The van der Waals surface area contributed by atoms with Crippen LogP contribution in [0.2, 0.25) is 0 Å². The summed E-state index contributed by atoms with van der Waals surface area (Å²) in [4.78, 5) is 26.4. The minimum atomic E-state index is -1.12. The van der Waals surface area contributed by atoms with Crippen LogP contribution in [0.3, 0.4) is 0 Å². The molecule has 2 unspecified atom stereocenters. The molecule has 1 aliphatic heterocycles. The normalized spacial score (nSPS) is 20.4. The van der Waals surface area contributed by atoms with Crippen LogP contribution in [0.1, 0.15) is 35.7 Å². The Balaban J connectivity index is 2.72. The number of rotatable bonds is 6. The maximum atomic E-state index is 13.7. The lowest BCUT2D eigenvalue weighted by atomic mass is 9.79. The highest BCUT2D eigenvalue weighted by Gasteiger charge is 2.45. The van der Waals surface area contributed by atoms with E-state index in [2.05, 4.69) is 5.32 Å². The average Bonchev–Trinajstić information content (AvgIpc) is 2.54. The van der Waals surface area contributed by atoms with Crippen molar-refractivity contribution in [3.8, 4) is 0 Å². The first-order valence-corrected chi connectivity index (χ1v) is 8.02. The molecule has 1 aliphatic rings. The van der Waals surface area contributed by atoms with Crippen LogP contribution in [0, 0.1) is 17.1 Å². The van der Waals surface area contributed by atoms with Crippen molar-refractivity contribution in [2.75, 3.05) is 13.6 Å². The van der Waals surface area contributed by atoms with E-state index in [0.717, 1.165) is 18.3 Å². The number of benzene rings is 1. The second-order valence-corrected chi connectivity index (χ2v) is 6.42. The predicted molar refractivity (Wildman–Crippen MR) is 92.4 cm³/mol. The number of nitrogens with one attached hydrogen (secondary N) is 2. The maximum absolute atomic E-state index is 13.7. The third-order valence-electron chi connectivity index (χ3n) is 4.14. The zero-order valence-corrected chi connectivity index (χ0v) is 14.4. The Kier molecular flexibility index (Phi) is 5.56. The topological polar surface area (TPSA) is 93.5 Å². The molecule has 7 heteroatoms. The summed E-state index contributed by atoms with van der Waals surface area (Å²) in [7, 11) is 1.64. The van der Waals surface area contributed by atoms with Gasteiger partial charge in [0.2, 0.25) is 0 Å². The summed E-state index contributed by atoms with van der Waals surface area (Å²) >= 11 is 0. The van der Waals surface area contributed by atoms with Crippen molar-refractivity contribution >= 4 is 18.1 Å². The molecule has 2 rings (SSSR count). The molecule has 6 nitrogen and oxygen atoms in total. The SMILES string of the molecule is CN/C=C(\C=N)C1C(C(=O)O)c2ccc(F)cc2C(=O)N1CC(C)C. The van der Waals surface area contributed by atoms with E-state index in [1.165, 1.54) is 17.2 Å². The Labute approximate surface area is 145 Å². The number of fused-ring (bicyclic) bond motifs is 1. The summed E-state index contributed by atoms with van der Waals surface area (Å²) in [5.41, 5.74) is 0.713. The molecule has 3 N–H and O–H groups in total. The van der Waals surface area contributed by atoms with Crippen molar-refractivity contribution < 1.29 is 19.1 Å². The van der Waals surface area contributed by atoms with Gasteiger partial charge in [-0.1, -0.05) is 19.9 Å². The minimum Gasteiger partial charge on any atom is -0.481 e. The fraction of sp³-hybridized carbons (Fsp3) is 0.389. The third-order valence-corrected chi connectivity index (χ3v) is 4.14. The number of carboxylic acids is 1. The van der Waals surface area contributed by atoms with E-state index in [9.17, 15) is 19.1 Å². The molecule has 1 aromatic carbocycles. The van der Waals surface area contributed by atoms with E-state index < -0.39 is 29.7 Å². The van der Waals surface area contributed by atoms with Crippen molar-refractivity contribution in [3.63, 3.8) is 0 Å². The van der Waals surface area contributed by atoms with Crippen molar-refractivity contribution in [1.29, 1.82) is 5.41 Å². The zero-order chi connectivity index (χ0) is 18.7. The van der Waals surface area contributed by atoms with Gasteiger partial charge in [-0.05, 0) is 23.6 Å². The van der Waals surface area contributed by atoms with Gasteiger partial charge >= 0.3 is 5.97 Å². The van der Waals surface area contributed by atoms with Crippen LogP contribution in [0.5, 0.6) is 0 Å². The van der Waals surface area contributed by atoms with Gasteiger partial charge in [0.15, 0.2) is 0 Å². The monoisotopic (exact) mass is 347 g/mol. The molecule has 1 aromatic rings. The number of carboxylic acid groups (broad SMARTS) is 1. The number of hydrogen-bond donors (Lipinski definition) is 3. The molecule has 0 saturated carbocycles. The van der Waals surface area contributed by atoms with Gasteiger partial charge in [0.25, 0.3) is 5.91 Å². The lowest BCUT2D eigenvalue weighted by Crippen LogP contribution is -2.52. The van der Waals surface area contributed by atoms with E-state index in [-0.39, 0.29) is 17.0 Å². The largest absolute Gasteiger partial charge is 0.481 e. The molecule has 0 fully saturated rings. The Morgan fingerprint density at radius 1 is 1.48 bits per heavy atom. The van der Waals surface area contributed by atoms with Gasteiger partial charge in [-0.3, -0.25) is 9.59 Å². The molecular weight excluding hydrogens is 325 g/mol.